The molecule has 1 heterocycles. The van der Waals surface area contributed by atoms with Crippen LogP contribution in [0.4, 0.5) is 0 Å². The van der Waals surface area contributed by atoms with E-state index < -0.39 is 9.71 Å². The van der Waals surface area contributed by atoms with E-state index in [0.717, 1.165) is 19.5 Å². The van der Waals surface area contributed by atoms with Crippen LogP contribution in [0.5, 0.6) is 0 Å². The van der Waals surface area contributed by atoms with E-state index in [1.807, 2.05) is 4.31 Å². The van der Waals surface area contributed by atoms with Crippen molar-refractivity contribution in [2.45, 2.75) is 6.42 Å². The Morgan fingerprint density at radius 2 is 2.14 bits per heavy atom. The fraction of sp³-hybridized carbons (Fsp3) is 0.889. The minimum absolute atomic E-state index is 0.612. The molecule has 1 saturated heterocycles. The van der Waals surface area contributed by atoms with Gasteiger partial charge in [-0.25, -0.2) is 4.31 Å². The molecule has 1 fully saturated rings. The van der Waals surface area contributed by atoms with Gasteiger partial charge in [0.05, 0.1) is 13.2 Å². The minimum Gasteiger partial charge on any atom is -0.385 e. The molecule has 0 amide bonds. The molecule has 1 aliphatic heterocycles. The van der Waals surface area contributed by atoms with Crippen molar-refractivity contribution >= 4 is 15.6 Å². The Balaban J connectivity index is 2.38. The molecule has 0 aliphatic carbocycles. The second-order valence-corrected chi connectivity index (χ2v) is 5.83. The number of rotatable bonds is 5. The van der Waals surface area contributed by atoms with Crippen molar-refractivity contribution in [3.8, 4) is 0 Å². The van der Waals surface area contributed by atoms with E-state index in [2.05, 4.69) is 5.87 Å². The van der Waals surface area contributed by atoms with Crippen molar-refractivity contribution in [1.29, 1.82) is 0 Å². The lowest BCUT2D eigenvalue weighted by Gasteiger charge is -2.29. The first kappa shape index (κ1) is 12.0. The van der Waals surface area contributed by atoms with E-state index >= 15 is 0 Å². The van der Waals surface area contributed by atoms with Gasteiger partial charge in [-0.3, -0.25) is 4.21 Å². The highest BCUT2D eigenvalue weighted by Crippen LogP contribution is 2.06. The number of ether oxygens (including phenoxy) is 2. The van der Waals surface area contributed by atoms with Gasteiger partial charge in [0, 0.05) is 42.3 Å². The van der Waals surface area contributed by atoms with Gasteiger partial charge in [-0.1, -0.05) is 0 Å². The summed E-state index contributed by atoms with van der Waals surface area (Å²) in [7, 11) is -0.430. The van der Waals surface area contributed by atoms with Crippen molar-refractivity contribution in [3.05, 3.63) is 0 Å². The van der Waals surface area contributed by atoms with E-state index in [0.29, 0.717) is 25.6 Å². The van der Waals surface area contributed by atoms with Crippen molar-refractivity contribution in [3.63, 3.8) is 0 Å². The van der Waals surface area contributed by atoms with Crippen LogP contribution in [0, 0.1) is 0 Å². The second kappa shape index (κ2) is 5.70. The van der Waals surface area contributed by atoms with Crippen LogP contribution in [0.2, 0.25) is 0 Å². The molecule has 0 aromatic carbocycles. The van der Waals surface area contributed by atoms with Crippen LogP contribution in [0.25, 0.3) is 0 Å². The number of hydrogen-bond acceptors (Lipinski definition) is 3. The molecule has 0 N–H and O–H groups in total. The Bertz CT molecular complexity index is 245. The molecular formula is C9H19NO3S. The summed E-state index contributed by atoms with van der Waals surface area (Å²) in [6, 6.07) is 0. The standard InChI is InChI=1S/C9H19NO3S/c1-12-6-3-9-14(2,11)10-4-7-13-8-5-10/h2-9H2,1H3. The van der Waals surface area contributed by atoms with Crippen LogP contribution in [-0.4, -0.2) is 60.2 Å². The van der Waals surface area contributed by atoms with Gasteiger partial charge >= 0.3 is 0 Å². The van der Waals surface area contributed by atoms with Gasteiger partial charge in [-0.05, 0) is 12.3 Å². The zero-order valence-corrected chi connectivity index (χ0v) is 9.55. The van der Waals surface area contributed by atoms with Gasteiger partial charge in [-0.15, -0.1) is 0 Å². The summed E-state index contributed by atoms with van der Waals surface area (Å²) >= 11 is 0. The fourth-order valence-corrected chi connectivity index (χ4v) is 3.08. The van der Waals surface area contributed by atoms with E-state index in [-0.39, 0.29) is 0 Å². The SMILES string of the molecule is C=S(=O)(CCCOC)N1CCOCC1. The van der Waals surface area contributed by atoms with Gasteiger partial charge in [0.15, 0.2) is 0 Å². The molecule has 5 heteroatoms. The third-order valence-electron chi connectivity index (χ3n) is 2.25. The zero-order valence-electron chi connectivity index (χ0n) is 8.74. The first-order valence-corrected chi connectivity index (χ1v) is 6.69. The van der Waals surface area contributed by atoms with Crippen molar-refractivity contribution in [1.82, 2.24) is 4.31 Å². The predicted molar refractivity (Wildman–Crippen MR) is 59.0 cm³/mol. The monoisotopic (exact) mass is 221 g/mol. The quantitative estimate of drug-likeness (QED) is 0.484. The Hall–Kier alpha value is -0.100. The molecule has 1 unspecified atom stereocenters. The molecule has 84 valence electrons. The fourth-order valence-electron chi connectivity index (χ4n) is 1.44. The summed E-state index contributed by atoms with van der Waals surface area (Å²) in [5.74, 6) is 4.42. The van der Waals surface area contributed by atoms with Crippen molar-refractivity contribution < 1.29 is 13.7 Å². The molecule has 14 heavy (non-hydrogen) atoms. The molecule has 4 nitrogen and oxygen atoms in total. The maximum Gasteiger partial charge on any atom is 0.0604 e. The van der Waals surface area contributed by atoms with Gasteiger partial charge < -0.3 is 9.47 Å². The van der Waals surface area contributed by atoms with Crippen LogP contribution < -0.4 is 0 Å². The summed E-state index contributed by atoms with van der Waals surface area (Å²) in [4.78, 5) is 0. The maximum absolute atomic E-state index is 12.1. The first-order valence-electron chi connectivity index (χ1n) is 4.83. The zero-order chi connectivity index (χ0) is 10.4. The van der Waals surface area contributed by atoms with Gasteiger partial charge in [0.2, 0.25) is 0 Å². The lowest BCUT2D eigenvalue weighted by molar-refractivity contribution is 0.0748. The van der Waals surface area contributed by atoms with Crippen LogP contribution in [0.1, 0.15) is 6.42 Å². The number of methoxy groups -OCH3 is 1. The summed E-state index contributed by atoms with van der Waals surface area (Å²) in [6.45, 7) is 3.44. The smallest absolute Gasteiger partial charge is 0.0604 e. The Kier molecular flexibility index (Phi) is 4.88. The average Bonchev–Trinajstić information content (AvgIpc) is 2.19. The number of morpholine rings is 1. The lowest BCUT2D eigenvalue weighted by atomic mass is 10.5. The van der Waals surface area contributed by atoms with Crippen LogP contribution in [0.15, 0.2) is 0 Å². The Labute approximate surface area is 86.3 Å². The first-order chi connectivity index (χ1) is 6.67. The summed E-state index contributed by atoms with van der Waals surface area (Å²) < 4.78 is 24.2. The maximum atomic E-state index is 12.1. The second-order valence-electron chi connectivity index (χ2n) is 3.36. The molecule has 1 atom stereocenters. The normalized spacial score (nSPS) is 23.2. The number of hydrogen-bond donors (Lipinski definition) is 0. The lowest BCUT2D eigenvalue weighted by Crippen LogP contribution is -2.41. The molecule has 0 aromatic heterocycles. The molecule has 1 aliphatic rings. The molecule has 0 bridgehead atoms. The summed E-state index contributed by atoms with van der Waals surface area (Å²) in [5, 5.41) is 0. The van der Waals surface area contributed by atoms with Crippen LogP contribution in [0.3, 0.4) is 0 Å². The van der Waals surface area contributed by atoms with Gasteiger partial charge in [0.1, 0.15) is 0 Å². The highest BCUT2D eigenvalue weighted by atomic mass is 32.2. The largest absolute Gasteiger partial charge is 0.385 e. The third kappa shape index (κ3) is 3.57. The molecule has 1 rings (SSSR count). The van der Waals surface area contributed by atoms with E-state index in [4.69, 9.17) is 9.47 Å². The Morgan fingerprint density at radius 3 is 2.71 bits per heavy atom. The minimum atomic E-state index is -2.08. The molecule has 0 spiro atoms. The molecular weight excluding hydrogens is 202 g/mol. The van der Waals surface area contributed by atoms with Gasteiger partial charge in [-0.2, -0.15) is 0 Å². The molecule has 0 saturated carbocycles. The number of nitrogens with zero attached hydrogens (tertiary/aromatic N) is 1. The Morgan fingerprint density at radius 1 is 1.50 bits per heavy atom. The highest BCUT2D eigenvalue weighted by Gasteiger charge is 2.18. The third-order valence-corrected chi connectivity index (χ3v) is 4.49. The van der Waals surface area contributed by atoms with E-state index in [9.17, 15) is 4.21 Å². The summed E-state index contributed by atoms with van der Waals surface area (Å²) in [6.07, 6.45) is 0.802. The van der Waals surface area contributed by atoms with Crippen molar-refractivity contribution in [2.75, 3.05) is 45.8 Å². The topological polar surface area (TPSA) is 38.8 Å². The van der Waals surface area contributed by atoms with Crippen molar-refractivity contribution in [2.24, 2.45) is 0 Å². The molecule has 0 radical (unpaired) electrons. The van der Waals surface area contributed by atoms with Gasteiger partial charge in [0.25, 0.3) is 0 Å². The molecule has 0 aromatic rings. The van der Waals surface area contributed by atoms with E-state index in [1.54, 1.807) is 7.11 Å². The van der Waals surface area contributed by atoms with E-state index in [1.165, 1.54) is 0 Å². The summed E-state index contributed by atoms with van der Waals surface area (Å²) in [5.41, 5.74) is 0. The average molecular weight is 221 g/mol. The van der Waals surface area contributed by atoms with Crippen LogP contribution >= 0.6 is 0 Å². The van der Waals surface area contributed by atoms with Crippen LogP contribution in [-0.2, 0) is 19.2 Å². The highest BCUT2D eigenvalue weighted by molar-refractivity contribution is 7.98. The predicted octanol–water partition coefficient (Wildman–Crippen LogP) is -0.0135.